The van der Waals surface area contributed by atoms with Crippen molar-refractivity contribution in [1.82, 2.24) is 0 Å². The van der Waals surface area contributed by atoms with Crippen molar-refractivity contribution in [1.29, 1.82) is 0 Å². The van der Waals surface area contributed by atoms with E-state index >= 15 is 0 Å². The van der Waals surface area contributed by atoms with Gasteiger partial charge in [0.05, 0.1) is 0 Å². The maximum absolute atomic E-state index is 10.4. The lowest BCUT2D eigenvalue weighted by Gasteiger charge is -2.21. The zero-order valence-electron chi connectivity index (χ0n) is 11.0. The van der Waals surface area contributed by atoms with Crippen LogP contribution in [0.1, 0.15) is 12.0 Å². The van der Waals surface area contributed by atoms with E-state index in [9.17, 15) is 5.11 Å². The number of rotatable bonds is 4. The van der Waals surface area contributed by atoms with Crippen molar-refractivity contribution in [2.75, 3.05) is 0 Å². The van der Waals surface area contributed by atoms with Gasteiger partial charge in [-0.25, -0.2) is 5.26 Å². The lowest BCUT2D eigenvalue weighted by molar-refractivity contribution is -0.342. The van der Waals surface area contributed by atoms with Crippen LogP contribution in [0, 0.1) is 0 Å². The number of aryl methyl sites for hydroxylation is 1. The second kappa shape index (κ2) is 5.21. The van der Waals surface area contributed by atoms with E-state index in [0.29, 0.717) is 12.0 Å². The molecule has 1 unspecified atom stereocenters. The van der Waals surface area contributed by atoms with Gasteiger partial charge in [0, 0.05) is 5.57 Å². The van der Waals surface area contributed by atoms with Crippen LogP contribution in [0.25, 0.3) is 11.6 Å². The molecule has 0 radical (unpaired) electrons. The lowest BCUT2D eigenvalue weighted by atomic mass is 9.99. The van der Waals surface area contributed by atoms with Crippen molar-refractivity contribution in [2.45, 2.75) is 18.6 Å². The molecular formula is C17H16O3. The fraction of sp³-hybridized carbons (Fsp3) is 0.176. The maximum atomic E-state index is 10.4. The summed E-state index contributed by atoms with van der Waals surface area (Å²) in [5.41, 5.74) is 1.88. The van der Waals surface area contributed by atoms with Crippen molar-refractivity contribution in [3.63, 3.8) is 0 Å². The zero-order valence-corrected chi connectivity index (χ0v) is 11.0. The predicted octanol–water partition coefficient (Wildman–Crippen LogP) is 1.44. The molecule has 1 aliphatic rings. The van der Waals surface area contributed by atoms with E-state index in [4.69, 9.17) is 5.26 Å². The van der Waals surface area contributed by atoms with Gasteiger partial charge in [-0.3, -0.25) is 0 Å². The highest BCUT2D eigenvalue weighted by Gasteiger charge is 2.34. The summed E-state index contributed by atoms with van der Waals surface area (Å²) < 4.78 is 0. The highest BCUT2D eigenvalue weighted by atomic mass is 17.1. The SMILES string of the molecule is OOC1(O)C=c2ccccc2=C1CCc1ccccc1. The Morgan fingerprint density at radius 1 is 0.900 bits per heavy atom. The van der Waals surface area contributed by atoms with Gasteiger partial charge < -0.3 is 5.11 Å². The van der Waals surface area contributed by atoms with Gasteiger partial charge in [0.15, 0.2) is 0 Å². The van der Waals surface area contributed by atoms with Crippen LogP contribution in [0.15, 0.2) is 54.6 Å². The molecule has 1 atom stereocenters. The molecule has 3 rings (SSSR count). The van der Waals surface area contributed by atoms with Crippen molar-refractivity contribution in [3.8, 4) is 0 Å². The average Bonchev–Trinajstić information content (AvgIpc) is 2.79. The van der Waals surface area contributed by atoms with E-state index in [0.717, 1.165) is 16.9 Å². The topological polar surface area (TPSA) is 49.7 Å². The van der Waals surface area contributed by atoms with Crippen LogP contribution < -0.4 is 10.4 Å². The summed E-state index contributed by atoms with van der Waals surface area (Å²) in [6, 6.07) is 17.7. The summed E-state index contributed by atoms with van der Waals surface area (Å²) in [4.78, 5) is 4.35. The van der Waals surface area contributed by atoms with E-state index in [2.05, 4.69) is 4.89 Å². The summed E-state index contributed by atoms with van der Waals surface area (Å²) in [5, 5.41) is 21.3. The third-order valence-corrected chi connectivity index (χ3v) is 3.72. The smallest absolute Gasteiger partial charge is 0.242 e. The summed E-state index contributed by atoms with van der Waals surface area (Å²) in [5.74, 6) is -1.71. The van der Waals surface area contributed by atoms with Crippen LogP contribution in [-0.2, 0) is 11.3 Å². The summed E-state index contributed by atoms with van der Waals surface area (Å²) >= 11 is 0. The predicted molar refractivity (Wildman–Crippen MR) is 77.0 cm³/mol. The molecule has 102 valence electrons. The van der Waals surface area contributed by atoms with Crippen molar-refractivity contribution >= 4 is 11.6 Å². The Hall–Kier alpha value is -1.94. The average molecular weight is 268 g/mol. The molecule has 0 spiro atoms. The Bertz CT molecular complexity index is 721. The Kier molecular flexibility index (Phi) is 3.40. The minimum atomic E-state index is -1.71. The lowest BCUT2D eigenvalue weighted by Crippen LogP contribution is -2.30. The normalized spacial score (nSPS) is 20.6. The zero-order chi connectivity index (χ0) is 14.0. The Morgan fingerprint density at radius 3 is 2.35 bits per heavy atom. The summed E-state index contributed by atoms with van der Waals surface area (Å²) in [6.07, 6.45) is 2.95. The molecule has 0 aliphatic heterocycles. The Labute approximate surface area is 117 Å². The van der Waals surface area contributed by atoms with E-state index in [1.165, 1.54) is 5.56 Å². The number of hydrogen-bond acceptors (Lipinski definition) is 3. The number of aliphatic hydroxyl groups is 1. The standard InChI is InChI=1S/C17H16O3/c18-17(20-19)12-14-8-4-5-9-15(14)16(17)11-10-13-6-2-1-3-7-13/h1-9,12,18-19H,10-11H2. The second-order valence-electron chi connectivity index (χ2n) is 4.98. The van der Waals surface area contributed by atoms with E-state index in [1.54, 1.807) is 6.08 Å². The van der Waals surface area contributed by atoms with Gasteiger partial charge in [-0.2, -0.15) is 4.89 Å². The van der Waals surface area contributed by atoms with E-state index in [-0.39, 0.29) is 0 Å². The second-order valence-corrected chi connectivity index (χ2v) is 4.98. The van der Waals surface area contributed by atoms with Crippen molar-refractivity contribution < 1.29 is 15.3 Å². The highest BCUT2D eigenvalue weighted by Crippen LogP contribution is 2.26. The molecule has 0 bridgehead atoms. The maximum Gasteiger partial charge on any atom is 0.242 e. The first kappa shape index (κ1) is 13.1. The van der Waals surface area contributed by atoms with Gasteiger partial charge in [0.2, 0.25) is 5.79 Å². The Morgan fingerprint density at radius 2 is 1.60 bits per heavy atom. The molecule has 20 heavy (non-hydrogen) atoms. The Balaban J connectivity index is 1.96. The minimum absolute atomic E-state index is 0.620. The molecule has 0 saturated heterocycles. The van der Waals surface area contributed by atoms with Crippen LogP contribution in [0.3, 0.4) is 0 Å². The monoisotopic (exact) mass is 268 g/mol. The first-order valence-electron chi connectivity index (χ1n) is 6.63. The molecule has 3 nitrogen and oxygen atoms in total. The third kappa shape index (κ3) is 2.27. The molecule has 0 aromatic heterocycles. The van der Waals surface area contributed by atoms with Crippen LogP contribution in [-0.4, -0.2) is 16.2 Å². The minimum Gasteiger partial charge on any atom is -0.357 e. The van der Waals surface area contributed by atoms with Crippen LogP contribution in [0.4, 0.5) is 0 Å². The van der Waals surface area contributed by atoms with E-state index in [1.807, 2.05) is 54.6 Å². The van der Waals surface area contributed by atoms with Crippen molar-refractivity contribution in [2.24, 2.45) is 0 Å². The molecule has 0 fully saturated rings. The van der Waals surface area contributed by atoms with Crippen LogP contribution >= 0.6 is 0 Å². The number of benzene rings is 2. The molecular weight excluding hydrogens is 252 g/mol. The summed E-state index contributed by atoms with van der Waals surface area (Å²) in [7, 11) is 0. The fourth-order valence-electron chi connectivity index (χ4n) is 2.70. The number of fused-ring (bicyclic) bond motifs is 1. The third-order valence-electron chi connectivity index (χ3n) is 3.72. The van der Waals surface area contributed by atoms with Gasteiger partial charge in [0.1, 0.15) is 0 Å². The molecule has 0 saturated carbocycles. The van der Waals surface area contributed by atoms with Gasteiger partial charge in [-0.15, -0.1) is 0 Å². The molecule has 3 heteroatoms. The molecule has 2 aromatic rings. The highest BCUT2D eigenvalue weighted by molar-refractivity contribution is 5.68. The first-order chi connectivity index (χ1) is 9.73. The number of hydrogen-bond donors (Lipinski definition) is 2. The molecule has 2 aromatic carbocycles. The van der Waals surface area contributed by atoms with Crippen LogP contribution in [0.5, 0.6) is 0 Å². The van der Waals surface area contributed by atoms with Gasteiger partial charge >= 0.3 is 0 Å². The van der Waals surface area contributed by atoms with Crippen LogP contribution in [0.2, 0.25) is 0 Å². The van der Waals surface area contributed by atoms with Gasteiger partial charge in [0.25, 0.3) is 0 Å². The fourth-order valence-corrected chi connectivity index (χ4v) is 2.70. The first-order valence-corrected chi connectivity index (χ1v) is 6.63. The quantitative estimate of drug-likeness (QED) is 0.501. The largest absolute Gasteiger partial charge is 0.357 e. The van der Waals surface area contributed by atoms with Crippen molar-refractivity contribution in [3.05, 3.63) is 70.6 Å². The molecule has 2 N–H and O–H groups in total. The molecule has 0 amide bonds. The summed E-state index contributed by atoms with van der Waals surface area (Å²) in [6.45, 7) is 0. The molecule has 1 aliphatic carbocycles. The van der Waals surface area contributed by atoms with Gasteiger partial charge in [-0.1, -0.05) is 54.6 Å². The van der Waals surface area contributed by atoms with Gasteiger partial charge in [-0.05, 0) is 34.9 Å². The van der Waals surface area contributed by atoms with E-state index < -0.39 is 5.79 Å². The molecule has 0 heterocycles.